The Bertz CT molecular complexity index is 20.0. The van der Waals surface area contributed by atoms with Gasteiger partial charge in [0.2, 0.25) is 0 Å². The van der Waals surface area contributed by atoms with E-state index in [-0.39, 0.29) is 0 Å². The molecule has 0 unspecified atom stereocenters. The Balaban J connectivity index is 2.30. The van der Waals surface area contributed by atoms with E-state index in [1.165, 1.54) is 0 Å². The maximum atomic E-state index is 9.22. The molecule has 1 nitrogen and oxygen atoms in total. The van der Waals surface area contributed by atoms with E-state index >= 15 is 0 Å². The van der Waals surface area contributed by atoms with Crippen molar-refractivity contribution in [2.45, 2.75) is 5.25 Å². The summed E-state index contributed by atoms with van der Waals surface area (Å²) in [5.41, 5.74) is 0. The van der Waals surface area contributed by atoms with E-state index in [2.05, 4.69) is 0 Å². The van der Waals surface area contributed by atoms with Crippen LogP contribution < -0.4 is 0 Å². The molecule has 0 aliphatic carbocycles. The first-order valence-electron chi connectivity index (χ1n) is 1.35. The van der Waals surface area contributed by atoms with Gasteiger partial charge in [0.25, 0.3) is 0 Å². The third-order valence-corrected chi connectivity index (χ3v) is 0.866. The quantitative estimate of drug-likeness (QED) is 0.318. The summed E-state index contributed by atoms with van der Waals surface area (Å²) in [7, 11) is 0. The number of carbonyl (C=O) groups excluding carboxylic acids is 1. The van der Waals surface area contributed by atoms with Crippen molar-refractivity contribution in [3.05, 3.63) is 0 Å². The van der Waals surface area contributed by atoms with Gasteiger partial charge < -0.3 is 0 Å². The van der Waals surface area contributed by atoms with Crippen LogP contribution in [0.2, 0.25) is 5.25 Å². The normalized spacial score (nSPS) is 7.00. The minimum atomic E-state index is 0.745. The van der Waals surface area contributed by atoms with E-state index in [4.69, 9.17) is 0 Å². The molecule has 24 valence electrons. The Labute approximate surface area is 33.6 Å². The molecule has 0 rings (SSSR count). The van der Waals surface area contributed by atoms with Crippen LogP contribution in [0.15, 0.2) is 0 Å². The Morgan fingerprint density at radius 3 is 2.25 bits per heavy atom. The molecule has 0 aliphatic heterocycles. The van der Waals surface area contributed by atoms with Crippen molar-refractivity contribution in [3.63, 3.8) is 0 Å². The number of rotatable bonds is 1. The topological polar surface area (TPSA) is 17.1 Å². The van der Waals surface area contributed by atoms with E-state index in [0.29, 0.717) is 0 Å². The Morgan fingerprint density at radius 2 is 2.25 bits per heavy atom. The van der Waals surface area contributed by atoms with E-state index in [1.807, 2.05) is 0 Å². The van der Waals surface area contributed by atoms with Crippen molar-refractivity contribution >= 4 is 22.8 Å². The van der Waals surface area contributed by atoms with Crippen molar-refractivity contribution in [2.24, 2.45) is 0 Å². The molecule has 0 heterocycles. The number of hydrogen-bond donors (Lipinski definition) is 0. The molecule has 0 aromatic heterocycles. The summed E-state index contributed by atoms with van der Waals surface area (Å²) in [5.74, 6) is 0. The van der Waals surface area contributed by atoms with Crippen LogP contribution in [0, 0.1) is 0 Å². The molecular formula is C2H6GeO. The van der Waals surface area contributed by atoms with Gasteiger partial charge in [0.05, 0.1) is 0 Å². The fraction of sp³-hybridized carbons (Fsp3) is 0.500. The van der Waals surface area contributed by atoms with Crippen LogP contribution in [-0.2, 0) is 4.79 Å². The predicted octanol–water partition coefficient (Wildman–Crippen LogP) is -1.03. The summed E-state index contributed by atoms with van der Waals surface area (Å²) in [6.07, 6.45) is 0.958. The van der Waals surface area contributed by atoms with Crippen LogP contribution >= 0.6 is 0 Å². The van der Waals surface area contributed by atoms with Gasteiger partial charge in [-0.15, -0.1) is 0 Å². The first-order chi connectivity index (χ1) is 1.91. The van der Waals surface area contributed by atoms with Crippen molar-refractivity contribution < 1.29 is 4.79 Å². The monoisotopic (exact) mass is 120 g/mol. The first kappa shape index (κ1) is 4.21. The average molecular weight is 119 g/mol. The zero-order valence-corrected chi connectivity index (χ0v) is 6.89. The molecule has 0 fully saturated rings. The third kappa shape index (κ3) is 2.21. The van der Waals surface area contributed by atoms with Crippen molar-refractivity contribution in [1.29, 1.82) is 0 Å². The minimum absolute atomic E-state index is 0.745. The summed E-state index contributed by atoms with van der Waals surface area (Å²) in [6.45, 7) is 0. The van der Waals surface area contributed by atoms with Crippen LogP contribution in [0.4, 0.5) is 0 Å². The second-order valence-electron chi connectivity index (χ2n) is 0.575. The SMILES string of the molecule is O=C[CH2][GeH3]. The summed E-state index contributed by atoms with van der Waals surface area (Å²) >= 11 is 0.745. The molecule has 4 heavy (non-hydrogen) atoms. The van der Waals surface area contributed by atoms with Crippen molar-refractivity contribution in [2.75, 3.05) is 0 Å². The second-order valence-corrected chi connectivity index (χ2v) is 2.29. The predicted molar refractivity (Wildman–Crippen MR) is 20.8 cm³/mol. The van der Waals surface area contributed by atoms with Crippen LogP contribution in [0.3, 0.4) is 0 Å². The van der Waals surface area contributed by atoms with Gasteiger partial charge in [0.15, 0.2) is 0 Å². The molecule has 0 atom stereocenters. The van der Waals surface area contributed by atoms with Gasteiger partial charge in [-0.05, 0) is 0 Å². The number of hydrogen-bond acceptors (Lipinski definition) is 1. The average Bonchev–Trinajstić information content (AvgIpc) is 1.37. The molecule has 0 saturated carbocycles. The molecule has 0 amide bonds. The van der Waals surface area contributed by atoms with Gasteiger partial charge in [0.1, 0.15) is 0 Å². The van der Waals surface area contributed by atoms with Gasteiger partial charge in [0, 0.05) is 0 Å². The van der Waals surface area contributed by atoms with Gasteiger partial charge in [-0.3, -0.25) is 0 Å². The van der Waals surface area contributed by atoms with Crippen LogP contribution in [0.25, 0.3) is 0 Å². The molecule has 0 aromatic carbocycles. The molecule has 2 heteroatoms. The molecule has 0 aliphatic rings. The number of aldehydes is 1. The van der Waals surface area contributed by atoms with E-state index in [9.17, 15) is 4.79 Å². The third-order valence-electron chi connectivity index (χ3n) is 0.167. The fourth-order valence-electron chi connectivity index (χ4n) is 0. The van der Waals surface area contributed by atoms with Crippen molar-refractivity contribution in [3.8, 4) is 0 Å². The number of carbonyl (C=O) groups is 1. The molecule has 0 radical (unpaired) electrons. The standard InChI is InChI=1S/C2H6GeO/c3-1-2-4/h2H,1H2,3H3. The van der Waals surface area contributed by atoms with Crippen LogP contribution in [0.1, 0.15) is 0 Å². The molecular weight excluding hydrogens is 113 g/mol. The van der Waals surface area contributed by atoms with Gasteiger partial charge >= 0.3 is 32.8 Å². The molecule has 0 spiro atoms. The van der Waals surface area contributed by atoms with Gasteiger partial charge in [-0.1, -0.05) is 0 Å². The van der Waals surface area contributed by atoms with Crippen LogP contribution in [-0.4, -0.2) is 22.8 Å². The molecule has 0 bridgehead atoms. The first-order valence-corrected chi connectivity index (χ1v) is 4.32. The van der Waals surface area contributed by atoms with Crippen LogP contribution in [0.5, 0.6) is 0 Å². The van der Waals surface area contributed by atoms with Crippen molar-refractivity contribution in [1.82, 2.24) is 0 Å². The summed E-state index contributed by atoms with van der Waals surface area (Å²) in [6, 6.07) is 0. The van der Waals surface area contributed by atoms with Gasteiger partial charge in [-0.2, -0.15) is 0 Å². The van der Waals surface area contributed by atoms with E-state index in [1.54, 1.807) is 0 Å². The van der Waals surface area contributed by atoms with E-state index in [0.717, 1.165) is 28.1 Å². The zero-order chi connectivity index (χ0) is 3.41. The summed E-state index contributed by atoms with van der Waals surface area (Å²) < 4.78 is 0. The Hall–Kier alpha value is 0.213. The summed E-state index contributed by atoms with van der Waals surface area (Å²) in [4.78, 5) is 9.22. The fourth-order valence-corrected chi connectivity index (χ4v) is 0. The Kier molecular flexibility index (Phi) is 3.38. The Morgan fingerprint density at radius 1 is 2.00 bits per heavy atom. The molecule has 0 aromatic rings. The molecule has 0 N–H and O–H groups in total. The van der Waals surface area contributed by atoms with E-state index < -0.39 is 0 Å². The zero-order valence-electron chi connectivity index (χ0n) is 2.69. The second kappa shape index (κ2) is 3.21. The summed E-state index contributed by atoms with van der Waals surface area (Å²) in [5, 5.41) is 0.826. The molecule has 0 saturated heterocycles. The van der Waals surface area contributed by atoms with Gasteiger partial charge in [-0.25, -0.2) is 0 Å². The maximum absolute atomic E-state index is 9.22.